The molecular formula is C13H12N2O. The van der Waals surface area contributed by atoms with Crippen LogP contribution in [0.4, 0.5) is 5.69 Å². The SMILES string of the molecule is Oc1ccccc1CN=Nc1ccccc1. The van der Waals surface area contributed by atoms with Gasteiger partial charge < -0.3 is 5.11 Å². The van der Waals surface area contributed by atoms with E-state index in [0.717, 1.165) is 11.3 Å². The van der Waals surface area contributed by atoms with Gasteiger partial charge in [-0.15, -0.1) is 0 Å². The Balaban J connectivity index is 2.03. The molecule has 0 aliphatic carbocycles. The van der Waals surface area contributed by atoms with Crippen molar-refractivity contribution in [3.63, 3.8) is 0 Å². The van der Waals surface area contributed by atoms with Crippen molar-refractivity contribution in [2.24, 2.45) is 10.2 Å². The molecular weight excluding hydrogens is 200 g/mol. The Labute approximate surface area is 94.1 Å². The average molecular weight is 212 g/mol. The number of benzene rings is 2. The van der Waals surface area contributed by atoms with Crippen LogP contribution in [-0.4, -0.2) is 5.11 Å². The Morgan fingerprint density at radius 3 is 2.31 bits per heavy atom. The van der Waals surface area contributed by atoms with E-state index in [1.807, 2.05) is 42.5 Å². The van der Waals surface area contributed by atoms with E-state index in [4.69, 9.17) is 0 Å². The zero-order valence-electron chi connectivity index (χ0n) is 8.74. The Kier molecular flexibility index (Phi) is 3.28. The molecule has 16 heavy (non-hydrogen) atoms. The molecule has 0 fully saturated rings. The molecule has 2 aromatic carbocycles. The Morgan fingerprint density at radius 2 is 1.56 bits per heavy atom. The van der Waals surface area contributed by atoms with E-state index in [9.17, 15) is 5.11 Å². The molecule has 0 bridgehead atoms. The fourth-order valence-electron chi connectivity index (χ4n) is 1.33. The number of rotatable bonds is 3. The Morgan fingerprint density at radius 1 is 0.875 bits per heavy atom. The van der Waals surface area contributed by atoms with Crippen molar-refractivity contribution in [2.75, 3.05) is 0 Å². The minimum absolute atomic E-state index is 0.259. The number of phenols is 1. The minimum atomic E-state index is 0.259. The summed E-state index contributed by atoms with van der Waals surface area (Å²) in [6.07, 6.45) is 0. The van der Waals surface area contributed by atoms with Gasteiger partial charge in [0.05, 0.1) is 12.2 Å². The van der Waals surface area contributed by atoms with E-state index >= 15 is 0 Å². The van der Waals surface area contributed by atoms with Crippen LogP contribution < -0.4 is 0 Å². The number of hydrogen-bond acceptors (Lipinski definition) is 3. The lowest BCUT2D eigenvalue weighted by atomic mass is 10.2. The quantitative estimate of drug-likeness (QED) is 0.775. The number of azo groups is 1. The zero-order chi connectivity index (χ0) is 11.2. The first-order chi connectivity index (χ1) is 7.86. The highest BCUT2D eigenvalue weighted by Crippen LogP contribution is 2.17. The average Bonchev–Trinajstić information content (AvgIpc) is 2.33. The summed E-state index contributed by atoms with van der Waals surface area (Å²) >= 11 is 0. The van der Waals surface area contributed by atoms with E-state index in [1.165, 1.54) is 0 Å². The second-order valence-corrected chi connectivity index (χ2v) is 3.36. The zero-order valence-corrected chi connectivity index (χ0v) is 8.74. The van der Waals surface area contributed by atoms with Gasteiger partial charge in [0.25, 0.3) is 0 Å². The summed E-state index contributed by atoms with van der Waals surface area (Å²) in [5, 5.41) is 17.6. The number of phenolic OH excluding ortho intramolecular Hbond substituents is 1. The van der Waals surface area contributed by atoms with Crippen molar-refractivity contribution < 1.29 is 5.11 Å². The van der Waals surface area contributed by atoms with Crippen molar-refractivity contribution in [3.8, 4) is 5.75 Å². The third-order valence-corrected chi connectivity index (χ3v) is 2.18. The number of hydrogen-bond donors (Lipinski definition) is 1. The molecule has 0 radical (unpaired) electrons. The van der Waals surface area contributed by atoms with Crippen LogP contribution in [0.3, 0.4) is 0 Å². The molecule has 0 aliphatic rings. The smallest absolute Gasteiger partial charge is 0.120 e. The van der Waals surface area contributed by atoms with E-state index in [1.54, 1.807) is 12.1 Å². The van der Waals surface area contributed by atoms with Crippen LogP contribution in [-0.2, 0) is 6.54 Å². The standard InChI is InChI=1S/C13H12N2O/c16-13-9-5-4-6-11(13)10-14-15-12-7-2-1-3-8-12/h1-9,16H,10H2. The summed E-state index contributed by atoms with van der Waals surface area (Å²) in [6.45, 7) is 0.390. The molecule has 2 rings (SSSR count). The largest absolute Gasteiger partial charge is 0.508 e. The maximum atomic E-state index is 9.51. The number of para-hydroxylation sites is 1. The maximum absolute atomic E-state index is 9.51. The van der Waals surface area contributed by atoms with Crippen LogP contribution >= 0.6 is 0 Å². The number of nitrogens with zero attached hydrogens (tertiary/aromatic N) is 2. The molecule has 0 saturated carbocycles. The predicted octanol–water partition coefficient (Wildman–Crippen LogP) is 3.68. The minimum Gasteiger partial charge on any atom is -0.508 e. The van der Waals surface area contributed by atoms with Gasteiger partial charge in [0.1, 0.15) is 5.75 Å². The topological polar surface area (TPSA) is 45.0 Å². The van der Waals surface area contributed by atoms with Gasteiger partial charge >= 0.3 is 0 Å². The molecule has 0 heterocycles. The monoisotopic (exact) mass is 212 g/mol. The van der Waals surface area contributed by atoms with Gasteiger partial charge in [-0.2, -0.15) is 10.2 Å². The first-order valence-corrected chi connectivity index (χ1v) is 5.06. The van der Waals surface area contributed by atoms with Crippen LogP contribution in [0.1, 0.15) is 5.56 Å². The van der Waals surface area contributed by atoms with Crippen LogP contribution in [0.15, 0.2) is 64.8 Å². The van der Waals surface area contributed by atoms with Gasteiger partial charge in [-0.1, -0.05) is 36.4 Å². The molecule has 80 valence electrons. The van der Waals surface area contributed by atoms with Crippen molar-refractivity contribution in [1.29, 1.82) is 0 Å². The number of aromatic hydroxyl groups is 1. The van der Waals surface area contributed by atoms with E-state index in [0.29, 0.717) is 6.54 Å². The highest BCUT2D eigenvalue weighted by Gasteiger charge is 1.96. The third kappa shape index (κ3) is 2.67. The van der Waals surface area contributed by atoms with Crippen LogP contribution in [0.25, 0.3) is 0 Å². The first-order valence-electron chi connectivity index (χ1n) is 5.06. The second kappa shape index (κ2) is 5.07. The lowest BCUT2D eigenvalue weighted by molar-refractivity contribution is 0.468. The summed E-state index contributed by atoms with van der Waals surface area (Å²) in [4.78, 5) is 0. The third-order valence-electron chi connectivity index (χ3n) is 2.18. The maximum Gasteiger partial charge on any atom is 0.120 e. The molecule has 0 aromatic heterocycles. The van der Waals surface area contributed by atoms with Gasteiger partial charge in [-0.3, -0.25) is 0 Å². The fraction of sp³-hybridized carbons (Fsp3) is 0.0769. The second-order valence-electron chi connectivity index (χ2n) is 3.36. The summed E-state index contributed by atoms with van der Waals surface area (Å²) in [6, 6.07) is 16.7. The molecule has 0 saturated heterocycles. The normalized spacial score (nSPS) is 10.8. The van der Waals surface area contributed by atoms with Crippen molar-refractivity contribution in [2.45, 2.75) is 6.54 Å². The molecule has 0 spiro atoms. The predicted molar refractivity (Wildman–Crippen MR) is 62.8 cm³/mol. The summed E-state index contributed by atoms with van der Waals surface area (Å²) in [5.41, 5.74) is 1.60. The van der Waals surface area contributed by atoms with Crippen molar-refractivity contribution in [3.05, 3.63) is 60.2 Å². The van der Waals surface area contributed by atoms with E-state index < -0.39 is 0 Å². The lowest BCUT2D eigenvalue weighted by Gasteiger charge is -1.98. The Bertz CT molecular complexity index is 480. The van der Waals surface area contributed by atoms with Gasteiger partial charge in [0.2, 0.25) is 0 Å². The van der Waals surface area contributed by atoms with Gasteiger partial charge in [0.15, 0.2) is 0 Å². The molecule has 0 unspecified atom stereocenters. The molecule has 0 atom stereocenters. The van der Waals surface area contributed by atoms with E-state index in [2.05, 4.69) is 10.2 Å². The summed E-state index contributed by atoms with van der Waals surface area (Å²) in [5.74, 6) is 0.259. The highest BCUT2D eigenvalue weighted by molar-refractivity contribution is 5.35. The Hall–Kier alpha value is -2.16. The fourth-order valence-corrected chi connectivity index (χ4v) is 1.33. The first kappa shape index (κ1) is 10.4. The van der Waals surface area contributed by atoms with Crippen LogP contribution in [0, 0.1) is 0 Å². The van der Waals surface area contributed by atoms with E-state index in [-0.39, 0.29) is 5.75 Å². The molecule has 0 amide bonds. The summed E-state index contributed by atoms with van der Waals surface area (Å²) in [7, 11) is 0. The van der Waals surface area contributed by atoms with Gasteiger partial charge in [-0.25, -0.2) is 0 Å². The highest BCUT2D eigenvalue weighted by atomic mass is 16.3. The van der Waals surface area contributed by atoms with Gasteiger partial charge in [-0.05, 0) is 18.2 Å². The molecule has 3 nitrogen and oxygen atoms in total. The molecule has 0 aliphatic heterocycles. The van der Waals surface area contributed by atoms with Crippen molar-refractivity contribution >= 4 is 5.69 Å². The molecule has 2 aromatic rings. The van der Waals surface area contributed by atoms with Gasteiger partial charge in [0, 0.05) is 5.56 Å². The summed E-state index contributed by atoms with van der Waals surface area (Å²) < 4.78 is 0. The van der Waals surface area contributed by atoms with Crippen molar-refractivity contribution in [1.82, 2.24) is 0 Å². The lowest BCUT2D eigenvalue weighted by Crippen LogP contribution is -1.80. The van der Waals surface area contributed by atoms with Crippen LogP contribution in [0.5, 0.6) is 5.75 Å². The molecule has 1 N–H and O–H groups in total. The molecule has 3 heteroatoms. The van der Waals surface area contributed by atoms with Crippen LogP contribution in [0.2, 0.25) is 0 Å².